The molecule has 0 saturated heterocycles. The maximum atomic E-state index is 13.0. The molecule has 0 heterocycles. The molecule has 0 saturated carbocycles. The van der Waals surface area contributed by atoms with Gasteiger partial charge in [0.05, 0.1) is 35.5 Å². The minimum atomic E-state index is -0.711. The fourth-order valence-electron chi connectivity index (χ4n) is 6.11. The van der Waals surface area contributed by atoms with Crippen LogP contribution in [0.25, 0.3) is 0 Å². The lowest BCUT2D eigenvalue weighted by atomic mass is 10.1. The number of unbranched alkanes of at least 4 members (excludes halogenated alkanes) is 10. The second kappa shape index (κ2) is 24.5. The van der Waals surface area contributed by atoms with E-state index in [0.29, 0.717) is 36.2 Å². The molecule has 0 aliphatic heterocycles. The van der Waals surface area contributed by atoms with Gasteiger partial charge in [-0.1, -0.05) is 84.1 Å². The van der Waals surface area contributed by atoms with E-state index in [-0.39, 0.29) is 33.8 Å². The topological polar surface area (TPSA) is 124 Å². The van der Waals surface area contributed by atoms with E-state index in [1.165, 1.54) is 124 Å². The van der Waals surface area contributed by atoms with E-state index in [4.69, 9.17) is 28.4 Å². The third-order valence-electron chi connectivity index (χ3n) is 9.54. The number of carbonyl (C=O) groups excluding carboxylic acids is 4. The van der Waals surface area contributed by atoms with Gasteiger partial charge in [0.15, 0.2) is 0 Å². The molecule has 0 spiro atoms. The first-order chi connectivity index (χ1) is 29.3. The lowest BCUT2D eigenvalue weighted by Gasteiger charge is -2.09. The third-order valence-corrected chi connectivity index (χ3v) is 9.54. The van der Waals surface area contributed by atoms with Crippen LogP contribution in [0.15, 0.2) is 121 Å². The van der Waals surface area contributed by atoms with Crippen LogP contribution < -0.4 is 28.4 Å². The van der Waals surface area contributed by atoms with Crippen molar-refractivity contribution in [3.05, 3.63) is 144 Å². The fraction of sp³-hybridized carbons (Fsp3) is 0.320. The smallest absolute Gasteiger partial charge is 0.343 e. The van der Waals surface area contributed by atoms with E-state index >= 15 is 0 Å². The second-order valence-corrected chi connectivity index (χ2v) is 14.4. The van der Waals surface area contributed by atoms with Gasteiger partial charge >= 0.3 is 23.9 Å². The molecule has 10 nitrogen and oxygen atoms in total. The highest BCUT2D eigenvalue weighted by Crippen LogP contribution is 2.23. The van der Waals surface area contributed by atoms with Crippen molar-refractivity contribution in [2.75, 3.05) is 13.2 Å². The van der Waals surface area contributed by atoms with E-state index in [9.17, 15) is 19.2 Å². The minimum absolute atomic E-state index is 0.114. The Hall–Kier alpha value is -6.42. The highest BCUT2D eigenvalue weighted by atomic mass is 16.5. The number of benzene rings is 5. The van der Waals surface area contributed by atoms with Crippen LogP contribution in [0.5, 0.6) is 34.5 Å². The van der Waals surface area contributed by atoms with Crippen molar-refractivity contribution in [3.8, 4) is 34.5 Å². The van der Waals surface area contributed by atoms with Gasteiger partial charge in [-0.2, -0.15) is 0 Å². The van der Waals surface area contributed by atoms with Crippen LogP contribution in [0.4, 0.5) is 0 Å². The predicted octanol–water partition coefficient (Wildman–Crippen LogP) is 12.0. The highest BCUT2D eigenvalue weighted by molar-refractivity contribution is 5.97. The number of esters is 4. The third kappa shape index (κ3) is 15.1. The van der Waals surface area contributed by atoms with Gasteiger partial charge in [0.25, 0.3) is 0 Å². The van der Waals surface area contributed by atoms with E-state index in [1.54, 1.807) is 48.5 Å². The number of hydrogen-bond acceptors (Lipinski definition) is 10. The maximum absolute atomic E-state index is 13.0. The summed E-state index contributed by atoms with van der Waals surface area (Å²) < 4.78 is 33.6. The summed E-state index contributed by atoms with van der Waals surface area (Å²) in [6, 6.07) is 31.6. The molecule has 0 aromatic heterocycles. The Kier molecular flexibility index (Phi) is 18.2. The van der Waals surface area contributed by atoms with Crippen molar-refractivity contribution in [1.29, 1.82) is 0 Å². The molecule has 0 amide bonds. The lowest BCUT2D eigenvalue weighted by molar-refractivity contribution is 0.0722. The van der Waals surface area contributed by atoms with E-state index < -0.39 is 23.9 Å². The van der Waals surface area contributed by atoms with Crippen molar-refractivity contribution in [3.63, 3.8) is 0 Å². The number of hydrogen-bond donors (Lipinski definition) is 0. The molecule has 0 N–H and O–H groups in total. The molecule has 5 rings (SSSR count). The molecular formula is C50H54O10. The normalized spacial score (nSPS) is 10.7. The van der Waals surface area contributed by atoms with Gasteiger partial charge in [0.2, 0.25) is 0 Å². The number of rotatable bonds is 24. The zero-order chi connectivity index (χ0) is 42.4. The molecule has 60 heavy (non-hydrogen) atoms. The van der Waals surface area contributed by atoms with E-state index in [0.717, 1.165) is 25.7 Å². The fourth-order valence-corrected chi connectivity index (χ4v) is 6.11. The molecular weight excluding hydrogens is 761 g/mol. The molecule has 0 unspecified atom stereocenters. The van der Waals surface area contributed by atoms with Gasteiger partial charge in [0.1, 0.15) is 34.5 Å². The van der Waals surface area contributed by atoms with Gasteiger partial charge in [-0.05, 0) is 128 Å². The monoisotopic (exact) mass is 814 g/mol. The molecule has 0 aliphatic carbocycles. The van der Waals surface area contributed by atoms with Gasteiger partial charge in [-0.15, -0.1) is 0 Å². The van der Waals surface area contributed by atoms with Crippen LogP contribution >= 0.6 is 0 Å². The Labute approximate surface area is 352 Å². The van der Waals surface area contributed by atoms with Gasteiger partial charge < -0.3 is 28.4 Å². The standard InChI is InChI=1S/C50H54O10/c1-3-5-7-9-11-13-34-55-41-26-30-45(31-27-41)57-47(51)37-18-22-43(23-19-37)59-49(53)39-16-15-17-40(36-39)50(54)60-44-24-20-38(21-25-44)48(52)58-46-32-28-42(29-33-46)56-35-14-12-10-8-6-4-2/h15-33,36H,3-14,34-35H2,1-2H3. The molecule has 5 aromatic carbocycles. The largest absolute Gasteiger partial charge is 0.494 e. The average Bonchev–Trinajstić information content (AvgIpc) is 3.27. The van der Waals surface area contributed by atoms with Gasteiger partial charge in [-0.3, -0.25) is 0 Å². The average molecular weight is 815 g/mol. The summed E-state index contributed by atoms with van der Waals surface area (Å²) in [7, 11) is 0. The first-order valence-electron chi connectivity index (χ1n) is 21.0. The summed E-state index contributed by atoms with van der Waals surface area (Å²) in [5.41, 5.74) is 0.759. The maximum Gasteiger partial charge on any atom is 0.343 e. The van der Waals surface area contributed by atoms with Crippen LogP contribution in [0.3, 0.4) is 0 Å². The predicted molar refractivity (Wildman–Crippen MR) is 230 cm³/mol. The second-order valence-electron chi connectivity index (χ2n) is 14.4. The summed E-state index contributed by atoms with van der Waals surface area (Å²) >= 11 is 0. The Morgan fingerprint density at radius 3 is 0.967 bits per heavy atom. The van der Waals surface area contributed by atoms with E-state index in [1.807, 2.05) is 0 Å². The van der Waals surface area contributed by atoms with Crippen LogP contribution in [0.2, 0.25) is 0 Å². The molecule has 0 bridgehead atoms. The van der Waals surface area contributed by atoms with Crippen LogP contribution in [-0.2, 0) is 0 Å². The molecule has 314 valence electrons. The number of carbonyl (C=O) groups is 4. The Morgan fingerprint density at radius 2 is 0.617 bits per heavy atom. The number of ether oxygens (including phenoxy) is 6. The van der Waals surface area contributed by atoms with Gasteiger partial charge in [-0.25, -0.2) is 19.2 Å². The van der Waals surface area contributed by atoms with Gasteiger partial charge in [0, 0.05) is 0 Å². The SMILES string of the molecule is CCCCCCCCOc1ccc(OC(=O)c2ccc(OC(=O)c3cccc(C(=O)Oc4ccc(C(=O)Oc5ccc(OCCCCCCCC)cc5)cc4)c3)cc2)cc1. The van der Waals surface area contributed by atoms with Crippen molar-refractivity contribution in [2.24, 2.45) is 0 Å². The summed E-state index contributed by atoms with van der Waals surface area (Å²) in [5, 5.41) is 0. The van der Waals surface area contributed by atoms with Crippen LogP contribution in [0.1, 0.15) is 132 Å². The molecule has 10 heteroatoms. The highest BCUT2D eigenvalue weighted by Gasteiger charge is 2.16. The van der Waals surface area contributed by atoms with Crippen LogP contribution in [-0.4, -0.2) is 37.1 Å². The first-order valence-corrected chi connectivity index (χ1v) is 21.0. The lowest BCUT2D eigenvalue weighted by Crippen LogP contribution is -2.13. The zero-order valence-corrected chi connectivity index (χ0v) is 34.5. The molecule has 0 atom stereocenters. The van der Waals surface area contributed by atoms with Crippen molar-refractivity contribution in [2.45, 2.75) is 90.9 Å². The Bertz CT molecular complexity index is 1940. The van der Waals surface area contributed by atoms with E-state index in [2.05, 4.69) is 13.8 Å². The molecule has 5 aromatic rings. The summed E-state index contributed by atoms with van der Waals surface area (Å²) in [6.07, 6.45) is 14.2. The minimum Gasteiger partial charge on any atom is -0.494 e. The quantitative estimate of drug-likeness (QED) is 0.0338. The summed E-state index contributed by atoms with van der Waals surface area (Å²) in [5.74, 6) is 0.00442. The van der Waals surface area contributed by atoms with Crippen molar-refractivity contribution < 1.29 is 47.6 Å². The van der Waals surface area contributed by atoms with Crippen molar-refractivity contribution in [1.82, 2.24) is 0 Å². The summed E-state index contributed by atoms with van der Waals surface area (Å²) in [4.78, 5) is 51.5. The van der Waals surface area contributed by atoms with Crippen molar-refractivity contribution >= 4 is 23.9 Å². The molecule has 0 aliphatic rings. The summed E-state index contributed by atoms with van der Waals surface area (Å²) in [6.45, 7) is 5.69. The zero-order valence-electron chi connectivity index (χ0n) is 34.5. The molecule has 0 fully saturated rings. The first kappa shape index (κ1) is 44.7. The Balaban J connectivity index is 1.04. The molecule has 0 radical (unpaired) electrons. The van der Waals surface area contributed by atoms with Crippen LogP contribution in [0, 0.1) is 0 Å². The Morgan fingerprint density at radius 1 is 0.333 bits per heavy atom.